The second-order valence-corrected chi connectivity index (χ2v) is 7.29. The summed E-state index contributed by atoms with van der Waals surface area (Å²) in [6.07, 6.45) is 0.408. The van der Waals surface area contributed by atoms with Crippen molar-refractivity contribution in [3.8, 4) is 5.82 Å². The Kier molecular flexibility index (Phi) is 4.54. The highest BCUT2D eigenvalue weighted by Crippen LogP contribution is 2.35. The summed E-state index contributed by atoms with van der Waals surface area (Å²) in [4.78, 5) is 7.04. The predicted molar refractivity (Wildman–Crippen MR) is 79.8 cm³/mol. The number of halogens is 3. The first kappa shape index (κ1) is 17.8. The summed E-state index contributed by atoms with van der Waals surface area (Å²) in [6, 6.07) is 2.24. The van der Waals surface area contributed by atoms with Gasteiger partial charge in [0.15, 0.2) is 5.82 Å². The minimum atomic E-state index is -4.69. The standard InChI is InChI=1S/C14H15F3N4O3S/c15-14(16,17)13-19-12(9-4-2-1-3-5-9)21(20-13)11-7-6-10(8-18-11)25(22,23)24/h6-9H,1-5H2,(H,22,23,24). The van der Waals surface area contributed by atoms with Crippen molar-refractivity contribution in [3.05, 3.63) is 30.0 Å². The number of nitrogens with zero attached hydrogens (tertiary/aromatic N) is 4. The molecular weight excluding hydrogens is 361 g/mol. The minimum absolute atomic E-state index is 0.0102. The van der Waals surface area contributed by atoms with Crippen LogP contribution in [0.4, 0.5) is 13.2 Å². The maximum absolute atomic E-state index is 13.0. The van der Waals surface area contributed by atoms with Crippen LogP contribution in [-0.4, -0.2) is 32.7 Å². The fraction of sp³-hybridized carbons (Fsp3) is 0.500. The monoisotopic (exact) mass is 376 g/mol. The Morgan fingerprint density at radius 3 is 2.36 bits per heavy atom. The largest absolute Gasteiger partial charge is 0.453 e. The van der Waals surface area contributed by atoms with Crippen molar-refractivity contribution in [2.45, 2.75) is 49.1 Å². The van der Waals surface area contributed by atoms with Gasteiger partial charge in [0.1, 0.15) is 10.7 Å². The fourth-order valence-electron chi connectivity index (χ4n) is 2.89. The molecule has 0 aliphatic heterocycles. The molecular formula is C14H15F3N4O3S. The Labute approximate surface area is 141 Å². The Hall–Kier alpha value is -2.01. The van der Waals surface area contributed by atoms with Crippen molar-refractivity contribution in [1.29, 1.82) is 0 Å². The zero-order valence-corrected chi connectivity index (χ0v) is 13.8. The zero-order valence-electron chi connectivity index (χ0n) is 12.9. The summed E-state index contributed by atoms with van der Waals surface area (Å²) < 4.78 is 71.1. The van der Waals surface area contributed by atoms with E-state index in [-0.39, 0.29) is 17.6 Å². The summed E-state index contributed by atoms with van der Waals surface area (Å²) in [6.45, 7) is 0. The minimum Gasteiger partial charge on any atom is -0.282 e. The highest BCUT2D eigenvalue weighted by atomic mass is 32.2. The van der Waals surface area contributed by atoms with Gasteiger partial charge in [-0.2, -0.15) is 26.3 Å². The molecule has 0 bridgehead atoms. The first-order chi connectivity index (χ1) is 11.7. The van der Waals surface area contributed by atoms with Crippen LogP contribution < -0.4 is 0 Å². The van der Waals surface area contributed by atoms with E-state index in [0.717, 1.165) is 36.2 Å². The summed E-state index contributed by atoms with van der Waals surface area (Å²) in [5.41, 5.74) is 0. The molecule has 11 heteroatoms. The van der Waals surface area contributed by atoms with Gasteiger partial charge in [-0.15, -0.1) is 5.10 Å². The smallest absolute Gasteiger partial charge is 0.282 e. The average Bonchev–Trinajstić information content (AvgIpc) is 3.00. The second-order valence-electron chi connectivity index (χ2n) is 5.87. The lowest BCUT2D eigenvalue weighted by Gasteiger charge is -2.20. The van der Waals surface area contributed by atoms with Crippen LogP contribution in [0.1, 0.15) is 49.7 Å². The van der Waals surface area contributed by atoms with Gasteiger partial charge in [-0.25, -0.2) is 9.97 Å². The molecule has 0 atom stereocenters. The third-order valence-electron chi connectivity index (χ3n) is 4.09. The van der Waals surface area contributed by atoms with Gasteiger partial charge in [0.05, 0.1) is 6.20 Å². The molecule has 0 unspecified atom stereocenters. The lowest BCUT2D eigenvalue weighted by molar-refractivity contribution is -0.144. The van der Waals surface area contributed by atoms with E-state index in [1.165, 1.54) is 6.07 Å². The maximum atomic E-state index is 13.0. The van der Waals surface area contributed by atoms with Crippen molar-refractivity contribution in [2.75, 3.05) is 0 Å². The summed E-state index contributed by atoms with van der Waals surface area (Å²) >= 11 is 0. The van der Waals surface area contributed by atoms with Crippen LogP contribution >= 0.6 is 0 Å². The first-order valence-electron chi connectivity index (χ1n) is 7.64. The van der Waals surface area contributed by atoms with Crippen LogP contribution in [0.2, 0.25) is 0 Å². The van der Waals surface area contributed by atoms with Crippen LogP contribution in [0.25, 0.3) is 5.82 Å². The van der Waals surface area contributed by atoms with Crippen LogP contribution in [-0.2, 0) is 16.3 Å². The van der Waals surface area contributed by atoms with Gasteiger partial charge in [-0.05, 0) is 25.0 Å². The van der Waals surface area contributed by atoms with Gasteiger partial charge in [0, 0.05) is 5.92 Å². The van der Waals surface area contributed by atoms with E-state index in [1.807, 2.05) is 0 Å². The molecule has 0 aromatic carbocycles. The van der Waals surface area contributed by atoms with Crippen LogP contribution in [0.5, 0.6) is 0 Å². The molecule has 1 N–H and O–H groups in total. The van der Waals surface area contributed by atoms with E-state index in [9.17, 15) is 21.6 Å². The SMILES string of the molecule is O=S(=O)(O)c1ccc(-n2nc(C(F)(F)F)nc2C2CCCCC2)nc1. The van der Waals surface area contributed by atoms with E-state index in [4.69, 9.17) is 4.55 Å². The molecule has 7 nitrogen and oxygen atoms in total. The van der Waals surface area contributed by atoms with Crippen molar-refractivity contribution in [1.82, 2.24) is 19.7 Å². The van der Waals surface area contributed by atoms with Gasteiger partial charge in [0.25, 0.3) is 15.9 Å². The van der Waals surface area contributed by atoms with Crippen LogP contribution in [0, 0.1) is 0 Å². The molecule has 0 radical (unpaired) electrons. The highest BCUT2D eigenvalue weighted by Gasteiger charge is 2.38. The van der Waals surface area contributed by atoms with Gasteiger partial charge in [-0.1, -0.05) is 19.3 Å². The lowest BCUT2D eigenvalue weighted by Crippen LogP contribution is -2.13. The summed E-state index contributed by atoms with van der Waals surface area (Å²) in [5.74, 6) is -1.25. The molecule has 3 rings (SSSR count). The van der Waals surface area contributed by atoms with E-state index in [1.54, 1.807) is 0 Å². The molecule has 1 aliphatic carbocycles. The Balaban J connectivity index is 2.05. The second kappa shape index (κ2) is 6.37. The van der Waals surface area contributed by atoms with E-state index in [2.05, 4.69) is 15.1 Å². The molecule has 0 amide bonds. The highest BCUT2D eigenvalue weighted by molar-refractivity contribution is 7.85. The van der Waals surface area contributed by atoms with Gasteiger partial charge < -0.3 is 0 Å². The molecule has 2 heterocycles. The molecule has 25 heavy (non-hydrogen) atoms. The summed E-state index contributed by atoms with van der Waals surface area (Å²) in [5, 5.41) is 3.52. The molecule has 1 fully saturated rings. The number of aromatic nitrogens is 4. The fourth-order valence-corrected chi connectivity index (χ4v) is 3.31. The van der Waals surface area contributed by atoms with E-state index < -0.39 is 27.0 Å². The number of rotatable bonds is 3. The number of hydrogen-bond acceptors (Lipinski definition) is 5. The lowest BCUT2D eigenvalue weighted by atomic mass is 9.88. The molecule has 2 aromatic rings. The van der Waals surface area contributed by atoms with E-state index >= 15 is 0 Å². The molecule has 1 aliphatic rings. The van der Waals surface area contributed by atoms with E-state index in [0.29, 0.717) is 12.8 Å². The van der Waals surface area contributed by atoms with Gasteiger partial charge >= 0.3 is 6.18 Å². The quantitative estimate of drug-likeness (QED) is 0.827. The topological polar surface area (TPSA) is 98.0 Å². The third-order valence-corrected chi connectivity index (χ3v) is 4.93. The predicted octanol–water partition coefficient (Wildman–Crippen LogP) is 2.98. The maximum Gasteiger partial charge on any atom is 0.453 e. The number of hydrogen-bond donors (Lipinski definition) is 1. The van der Waals surface area contributed by atoms with Crippen molar-refractivity contribution in [3.63, 3.8) is 0 Å². The van der Waals surface area contributed by atoms with Crippen molar-refractivity contribution in [2.24, 2.45) is 0 Å². The Bertz CT molecular complexity index is 856. The molecule has 0 saturated heterocycles. The van der Waals surface area contributed by atoms with Crippen molar-refractivity contribution < 1.29 is 26.1 Å². The normalized spacial score (nSPS) is 17.0. The zero-order chi connectivity index (χ0) is 18.2. The van der Waals surface area contributed by atoms with Gasteiger partial charge in [0.2, 0.25) is 0 Å². The summed E-state index contributed by atoms with van der Waals surface area (Å²) in [7, 11) is -4.44. The average molecular weight is 376 g/mol. The van der Waals surface area contributed by atoms with Crippen molar-refractivity contribution >= 4 is 10.1 Å². The molecule has 2 aromatic heterocycles. The molecule has 1 saturated carbocycles. The first-order valence-corrected chi connectivity index (χ1v) is 9.08. The Morgan fingerprint density at radius 2 is 1.84 bits per heavy atom. The van der Waals surface area contributed by atoms with Crippen LogP contribution in [0.3, 0.4) is 0 Å². The number of alkyl halides is 3. The Morgan fingerprint density at radius 1 is 1.16 bits per heavy atom. The molecule has 136 valence electrons. The third kappa shape index (κ3) is 3.82. The van der Waals surface area contributed by atoms with Crippen LogP contribution in [0.15, 0.2) is 23.2 Å². The number of pyridine rings is 1. The van der Waals surface area contributed by atoms with Gasteiger partial charge in [-0.3, -0.25) is 4.55 Å². The molecule has 0 spiro atoms.